The van der Waals surface area contributed by atoms with Crippen LogP contribution in [0.5, 0.6) is 0 Å². The molecule has 1 aromatic heterocycles. The molecule has 3 heterocycles. The second kappa shape index (κ2) is 6.27. The van der Waals surface area contributed by atoms with Gasteiger partial charge in [-0.25, -0.2) is 9.97 Å². The third-order valence-corrected chi connectivity index (χ3v) is 3.48. The van der Waals surface area contributed by atoms with Crippen LogP contribution in [0.25, 0.3) is 0 Å². The number of ether oxygens (including phenoxy) is 2. The van der Waals surface area contributed by atoms with E-state index in [0.717, 1.165) is 50.8 Å². The number of morpholine rings is 1. The molecule has 2 aliphatic heterocycles. The Bertz CT molecular complexity index is 403. The maximum atomic E-state index is 5.45. The first-order valence-electron chi connectivity index (χ1n) is 6.90. The van der Waals surface area contributed by atoms with Gasteiger partial charge in [-0.05, 0) is 18.9 Å². The van der Waals surface area contributed by atoms with Crippen LogP contribution in [0.1, 0.15) is 24.7 Å². The van der Waals surface area contributed by atoms with Crippen molar-refractivity contribution in [3.63, 3.8) is 0 Å². The smallest absolute Gasteiger partial charge is 0.149 e. The van der Waals surface area contributed by atoms with E-state index < -0.39 is 0 Å². The molecular weight excluding hydrogens is 244 g/mol. The fraction of sp³-hybridized carbons (Fsp3) is 0.692. The summed E-state index contributed by atoms with van der Waals surface area (Å²) in [6.45, 7) is 3.91. The van der Waals surface area contributed by atoms with Gasteiger partial charge >= 0.3 is 0 Å². The monoisotopic (exact) mass is 264 g/mol. The molecule has 2 N–H and O–H groups in total. The summed E-state index contributed by atoms with van der Waals surface area (Å²) in [6.07, 6.45) is 3.87. The molecular formula is C13H20N4O2. The number of aromatic nitrogens is 2. The van der Waals surface area contributed by atoms with Crippen LogP contribution in [0.3, 0.4) is 0 Å². The first kappa shape index (κ1) is 12.8. The van der Waals surface area contributed by atoms with E-state index in [9.17, 15) is 0 Å². The summed E-state index contributed by atoms with van der Waals surface area (Å²) in [5.74, 6) is 1.70. The molecule has 19 heavy (non-hydrogen) atoms. The summed E-state index contributed by atoms with van der Waals surface area (Å²) in [5, 5.41) is 6.83. The molecule has 0 spiro atoms. The molecule has 0 aromatic carbocycles. The minimum Gasteiger partial charge on any atom is -0.381 e. The quantitative estimate of drug-likeness (QED) is 0.839. The molecule has 0 bridgehead atoms. The van der Waals surface area contributed by atoms with Crippen molar-refractivity contribution in [3.8, 4) is 0 Å². The second-order valence-electron chi connectivity index (χ2n) is 4.91. The Morgan fingerprint density at radius 2 is 2.11 bits per heavy atom. The zero-order valence-corrected chi connectivity index (χ0v) is 11.0. The highest BCUT2D eigenvalue weighted by Gasteiger charge is 2.19. The van der Waals surface area contributed by atoms with Crippen LogP contribution in [0.4, 0.5) is 5.82 Å². The molecule has 2 saturated heterocycles. The van der Waals surface area contributed by atoms with Crippen molar-refractivity contribution in [1.82, 2.24) is 15.3 Å². The Morgan fingerprint density at radius 3 is 2.89 bits per heavy atom. The third kappa shape index (κ3) is 3.40. The van der Waals surface area contributed by atoms with Gasteiger partial charge in [0.05, 0.1) is 19.3 Å². The van der Waals surface area contributed by atoms with Gasteiger partial charge < -0.3 is 20.1 Å². The Balaban J connectivity index is 1.64. The molecule has 1 atom stereocenters. The van der Waals surface area contributed by atoms with Gasteiger partial charge in [0.1, 0.15) is 11.6 Å². The molecule has 0 unspecified atom stereocenters. The van der Waals surface area contributed by atoms with Gasteiger partial charge in [0.15, 0.2) is 0 Å². The maximum absolute atomic E-state index is 5.45. The number of anilines is 1. The zero-order valence-electron chi connectivity index (χ0n) is 11.0. The van der Waals surface area contributed by atoms with Crippen molar-refractivity contribution in [2.75, 3.05) is 38.3 Å². The lowest BCUT2D eigenvalue weighted by atomic mass is 10.1. The van der Waals surface area contributed by atoms with Gasteiger partial charge in [0, 0.05) is 32.0 Å². The Kier molecular flexibility index (Phi) is 4.22. The van der Waals surface area contributed by atoms with E-state index in [2.05, 4.69) is 20.6 Å². The van der Waals surface area contributed by atoms with Gasteiger partial charge in [0.2, 0.25) is 0 Å². The molecule has 1 aromatic rings. The third-order valence-electron chi connectivity index (χ3n) is 3.48. The lowest BCUT2D eigenvalue weighted by Crippen LogP contribution is -2.36. The van der Waals surface area contributed by atoms with Crippen LogP contribution < -0.4 is 10.6 Å². The highest BCUT2D eigenvalue weighted by Crippen LogP contribution is 2.16. The van der Waals surface area contributed by atoms with Crippen molar-refractivity contribution in [1.29, 1.82) is 0 Å². The number of hydrogen-bond donors (Lipinski definition) is 2. The van der Waals surface area contributed by atoms with Crippen molar-refractivity contribution < 1.29 is 9.47 Å². The highest BCUT2D eigenvalue weighted by atomic mass is 16.5. The fourth-order valence-corrected chi connectivity index (χ4v) is 2.40. The van der Waals surface area contributed by atoms with Crippen LogP contribution in [0.2, 0.25) is 0 Å². The van der Waals surface area contributed by atoms with Crippen LogP contribution in [-0.4, -0.2) is 49.0 Å². The van der Waals surface area contributed by atoms with Crippen molar-refractivity contribution >= 4 is 5.82 Å². The summed E-state index contributed by atoms with van der Waals surface area (Å²) in [5.41, 5.74) is 0. The fourth-order valence-electron chi connectivity index (χ4n) is 2.40. The topological polar surface area (TPSA) is 68.3 Å². The molecule has 0 radical (unpaired) electrons. The van der Waals surface area contributed by atoms with Gasteiger partial charge in [-0.1, -0.05) is 0 Å². The molecule has 3 rings (SSSR count). The summed E-state index contributed by atoms with van der Waals surface area (Å²) >= 11 is 0. The first-order chi connectivity index (χ1) is 9.42. The molecule has 104 valence electrons. The number of hydrogen-bond acceptors (Lipinski definition) is 6. The normalized spacial score (nSPS) is 25.2. The van der Waals surface area contributed by atoms with E-state index in [-0.39, 0.29) is 6.04 Å². The summed E-state index contributed by atoms with van der Waals surface area (Å²) in [7, 11) is 0. The van der Waals surface area contributed by atoms with Crippen molar-refractivity contribution in [2.24, 2.45) is 0 Å². The predicted molar refractivity (Wildman–Crippen MR) is 71.1 cm³/mol. The lowest BCUT2D eigenvalue weighted by molar-refractivity contribution is 0.0742. The maximum Gasteiger partial charge on any atom is 0.149 e. The van der Waals surface area contributed by atoms with Gasteiger partial charge in [-0.2, -0.15) is 0 Å². The van der Waals surface area contributed by atoms with E-state index in [0.29, 0.717) is 12.6 Å². The Labute approximate surface area is 112 Å². The van der Waals surface area contributed by atoms with Gasteiger partial charge in [0.25, 0.3) is 0 Å². The SMILES string of the molecule is c1cc(NC2CCOCC2)nc([C@@H]2COCCN2)n1. The minimum atomic E-state index is 0.102. The van der Waals surface area contributed by atoms with E-state index in [1.165, 1.54) is 0 Å². The highest BCUT2D eigenvalue weighted by molar-refractivity contribution is 5.34. The summed E-state index contributed by atoms with van der Waals surface area (Å²) in [6, 6.07) is 2.47. The van der Waals surface area contributed by atoms with Crippen molar-refractivity contribution in [2.45, 2.75) is 24.9 Å². The van der Waals surface area contributed by atoms with E-state index in [1.54, 1.807) is 6.20 Å². The summed E-state index contributed by atoms with van der Waals surface area (Å²) < 4.78 is 10.8. The van der Waals surface area contributed by atoms with Crippen LogP contribution in [-0.2, 0) is 9.47 Å². The standard InChI is InChI=1S/C13H20N4O2/c1-4-15-13(11-9-19-8-5-14-11)17-12(1)16-10-2-6-18-7-3-10/h1,4,10-11,14H,2-3,5-9H2,(H,15,16,17)/t11-/m0/s1. The Morgan fingerprint density at radius 1 is 1.21 bits per heavy atom. The first-order valence-corrected chi connectivity index (χ1v) is 6.90. The Hall–Kier alpha value is -1.24. The predicted octanol–water partition coefficient (Wildman–Crippen LogP) is 0.728. The van der Waals surface area contributed by atoms with E-state index >= 15 is 0 Å². The molecule has 0 amide bonds. The minimum absolute atomic E-state index is 0.102. The molecule has 2 fully saturated rings. The molecule has 0 saturated carbocycles. The van der Waals surface area contributed by atoms with Crippen LogP contribution in [0.15, 0.2) is 12.3 Å². The average molecular weight is 264 g/mol. The number of rotatable bonds is 3. The average Bonchev–Trinajstić information content (AvgIpc) is 2.49. The molecule has 6 heteroatoms. The second-order valence-corrected chi connectivity index (χ2v) is 4.91. The molecule has 2 aliphatic rings. The van der Waals surface area contributed by atoms with E-state index in [4.69, 9.17) is 9.47 Å². The summed E-state index contributed by atoms with van der Waals surface area (Å²) in [4.78, 5) is 8.92. The number of nitrogens with zero attached hydrogens (tertiary/aromatic N) is 2. The molecule has 0 aliphatic carbocycles. The zero-order chi connectivity index (χ0) is 12.9. The van der Waals surface area contributed by atoms with Gasteiger partial charge in [-0.15, -0.1) is 0 Å². The molecule has 6 nitrogen and oxygen atoms in total. The van der Waals surface area contributed by atoms with E-state index in [1.807, 2.05) is 6.07 Å². The lowest BCUT2D eigenvalue weighted by Gasteiger charge is -2.25. The van der Waals surface area contributed by atoms with Crippen molar-refractivity contribution in [3.05, 3.63) is 18.1 Å². The van der Waals surface area contributed by atoms with Gasteiger partial charge in [-0.3, -0.25) is 0 Å². The van der Waals surface area contributed by atoms with Crippen LogP contribution in [0, 0.1) is 0 Å². The number of nitrogens with one attached hydrogen (secondary N) is 2. The van der Waals surface area contributed by atoms with Crippen LogP contribution >= 0.6 is 0 Å². The largest absolute Gasteiger partial charge is 0.381 e.